The van der Waals surface area contributed by atoms with Crippen LogP contribution in [0, 0.1) is 29.1 Å². The molecule has 3 N–H and O–H groups in total. The second kappa shape index (κ2) is 11.3. The zero-order valence-electron chi connectivity index (χ0n) is 24.4. The number of H-pyrrole nitrogens is 1. The van der Waals surface area contributed by atoms with E-state index in [-0.39, 0.29) is 11.8 Å². The lowest BCUT2D eigenvalue weighted by molar-refractivity contribution is -0.149. The lowest BCUT2D eigenvalue weighted by atomic mass is 9.52. The van der Waals surface area contributed by atoms with Crippen LogP contribution in [-0.2, 0) is 30.3 Å². The lowest BCUT2D eigenvalue weighted by Crippen LogP contribution is -2.58. The monoisotopic (exact) mass is 570 g/mol. The first-order valence-electron chi connectivity index (χ1n) is 14.5. The second-order valence-electron chi connectivity index (χ2n) is 12.0. The van der Waals surface area contributed by atoms with Gasteiger partial charge in [-0.3, -0.25) is 19.2 Å². The maximum absolute atomic E-state index is 14.3. The molecule has 1 unspecified atom stereocenters. The molecular weight excluding hydrogens is 532 g/mol. The summed E-state index contributed by atoms with van der Waals surface area (Å²) in [4.78, 5) is 56.9. The molecule has 0 bridgehead atoms. The van der Waals surface area contributed by atoms with Crippen LogP contribution < -0.4 is 5.32 Å². The highest BCUT2D eigenvalue weighted by Gasteiger charge is 2.68. The molecular formula is C34H38N2O6. The number of nitrogens with one attached hydrogen (secondary N) is 2. The van der Waals surface area contributed by atoms with Crippen molar-refractivity contribution in [3.8, 4) is 0 Å². The van der Waals surface area contributed by atoms with Gasteiger partial charge < -0.3 is 20.1 Å². The van der Waals surface area contributed by atoms with Crippen LogP contribution >= 0.6 is 0 Å². The minimum Gasteiger partial charge on any atom is -0.450 e. The van der Waals surface area contributed by atoms with Crippen molar-refractivity contribution < 1.29 is 29.0 Å². The number of fused-ring (bicyclic) bond motifs is 1. The van der Waals surface area contributed by atoms with Gasteiger partial charge in [0.1, 0.15) is 5.41 Å². The van der Waals surface area contributed by atoms with E-state index in [1.54, 1.807) is 13.0 Å². The smallest absolute Gasteiger partial charge is 0.303 e. The highest BCUT2D eigenvalue weighted by molar-refractivity contribution is 6.15. The van der Waals surface area contributed by atoms with E-state index < -0.39 is 58.9 Å². The molecule has 8 atom stereocenters. The summed E-state index contributed by atoms with van der Waals surface area (Å²) in [6.07, 6.45) is 8.34. The second-order valence-corrected chi connectivity index (χ2v) is 12.0. The summed E-state index contributed by atoms with van der Waals surface area (Å²) in [5.41, 5.74) is 1.44. The SMILES string of the molecule is C=C1[C@@H](C)C2[C@H](Cc3c[nH]c4ccccc34)NC(=O)[C@]23C(=O)/C=C/C(=O)[C@H](OC(C)=O)/C(C)=C/[C@@H](C)C/C=C/[C@H]3[C@@H]1O. The van der Waals surface area contributed by atoms with Crippen molar-refractivity contribution in [1.29, 1.82) is 0 Å². The molecule has 1 spiro atoms. The Labute approximate surface area is 245 Å². The number of rotatable bonds is 3. The summed E-state index contributed by atoms with van der Waals surface area (Å²) >= 11 is 0. The number of esters is 1. The number of aromatic nitrogens is 1. The van der Waals surface area contributed by atoms with E-state index in [4.69, 9.17) is 4.74 Å². The van der Waals surface area contributed by atoms with E-state index >= 15 is 0 Å². The van der Waals surface area contributed by atoms with Crippen molar-refractivity contribution in [3.63, 3.8) is 0 Å². The Morgan fingerprint density at radius 2 is 1.90 bits per heavy atom. The molecule has 3 aliphatic rings. The predicted octanol–water partition coefficient (Wildman–Crippen LogP) is 4.16. The van der Waals surface area contributed by atoms with Crippen molar-refractivity contribution in [3.05, 3.63) is 84.1 Å². The van der Waals surface area contributed by atoms with Gasteiger partial charge in [0.2, 0.25) is 11.7 Å². The van der Waals surface area contributed by atoms with Crippen LogP contribution in [0.5, 0.6) is 0 Å². The van der Waals surface area contributed by atoms with E-state index in [2.05, 4.69) is 16.9 Å². The van der Waals surface area contributed by atoms with Gasteiger partial charge in [0.15, 0.2) is 11.9 Å². The van der Waals surface area contributed by atoms with Crippen molar-refractivity contribution in [1.82, 2.24) is 10.3 Å². The number of aromatic amines is 1. The average Bonchev–Trinajstić information content (AvgIpc) is 3.49. The molecule has 8 heteroatoms. The normalized spacial score (nSPS) is 36.4. The topological polar surface area (TPSA) is 126 Å². The molecule has 1 aromatic carbocycles. The largest absolute Gasteiger partial charge is 0.450 e. The van der Waals surface area contributed by atoms with Gasteiger partial charge in [-0.05, 0) is 66.5 Å². The molecule has 1 aliphatic heterocycles. The molecule has 8 nitrogen and oxygen atoms in total. The molecule has 1 amide bonds. The Morgan fingerprint density at radius 1 is 1.17 bits per heavy atom. The first-order chi connectivity index (χ1) is 20.0. The predicted molar refractivity (Wildman–Crippen MR) is 159 cm³/mol. The van der Waals surface area contributed by atoms with Gasteiger partial charge in [-0.25, -0.2) is 0 Å². The quantitative estimate of drug-likeness (QED) is 0.289. The first-order valence-corrected chi connectivity index (χ1v) is 14.5. The highest BCUT2D eigenvalue weighted by atomic mass is 16.5. The molecule has 42 heavy (non-hydrogen) atoms. The van der Waals surface area contributed by atoms with Gasteiger partial charge in [-0.1, -0.05) is 56.9 Å². The molecule has 220 valence electrons. The standard InChI is InChI=1S/C34H38N2O6/c1-18-9-8-11-25-31(40)21(4)20(3)30-27(16-23-17-35-26-12-7-6-10-24(23)26)36-33(41)34(25,30)29(39)14-13-28(38)32(19(2)15-18)42-22(5)37/h6-8,10-15,17-18,20,25,27,30-32,35,40H,4,9,16H2,1-3,5H3,(H,36,41)/b11-8+,14-13+,19-15+/t18-,20+,25-,27-,30?,31+,32+,34+/m0/s1. The summed E-state index contributed by atoms with van der Waals surface area (Å²) in [5, 5.41) is 15.7. The number of ether oxygens (including phenoxy) is 1. The molecule has 2 heterocycles. The molecule has 5 rings (SSSR count). The number of aliphatic hydroxyl groups excluding tert-OH is 1. The Hall–Kier alpha value is -4.04. The summed E-state index contributed by atoms with van der Waals surface area (Å²) < 4.78 is 5.34. The van der Waals surface area contributed by atoms with E-state index in [1.807, 2.05) is 56.5 Å². The third-order valence-corrected chi connectivity index (χ3v) is 9.30. The van der Waals surface area contributed by atoms with Crippen LogP contribution in [0.2, 0.25) is 0 Å². The highest BCUT2D eigenvalue weighted by Crippen LogP contribution is 2.56. The maximum Gasteiger partial charge on any atom is 0.303 e. The van der Waals surface area contributed by atoms with Gasteiger partial charge >= 0.3 is 5.97 Å². The number of aliphatic hydroxyl groups is 1. The van der Waals surface area contributed by atoms with E-state index in [0.29, 0.717) is 24.0 Å². The van der Waals surface area contributed by atoms with Gasteiger partial charge in [-0.15, -0.1) is 0 Å². The number of hydrogen-bond donors (Lipinski definition) is 3. The maximum atomic E-state index is 14.3. The number of carbonyl (C=O) groups excluding carboxylic acids is 4. The number of hydrogen-bond acceptors (Lipinski definition) is 6. The third kappa shape index (κ3) is 4.87. The van der Waals surface area contributed by atoms with E-state index in [1.165, 1.54) is 6.92 Å². The van der Waals surface area contributed by atoms with E-state index in [0.717, 1.165) is 28.6 Å². The fourth-order valence-corrected chi connectivity index (χ4v) is 7.32. The molecule has 0 radical (unpaired) electrons. The van der Waals surface area contributed by atoms with Gasteiger partial charge in [0, 0.05) is 41.9 Å². The first kappa shape index (κ1) is 29.5. The van der Waals surface area contributed by atoms with Crippen molar-refractivity contribution >= 4 is 34.3 Å². The molecule has 1 saturated carbocycles. The summed E-state index contributed by atoms with van der Waals surface area (Å²) in [5.74, 6) is -4.07. The van der Waals surface area contributed by atoms with Crippen LogP contribution in [0.25, 0.3) is 10.9 Å². The van der Waals surface area contributed by atoms with Gasteiger partial charge in [-0.2, -0.15) is 0 Å². The van der Waals surface area contributed by atoms with Crippen LogP contribution in [0.3, 0.4) is 0 Å². The van der Waals surface area contributed by atoms with Crippen molar-refractivity contribution in [2.24, 2.45) is 29.1 Å². The zero-order valence-corrected chi connectivity index (χ0v) is 24.4. The average molecular weight is 571 g/mol. The molecule has 2 fully saturated rings. The Balaban J connectivity index is 1.62. The van der Waals surface area contributed by atoms with Gasteiger partial charge in [0.05, 0.1) is 6.10 Å². The Bertz CT molecular complexity index is 1550. The summed E-state index contributed by atoms with van der Waals surface area (Å²) in [7, 11) is 0. The number of para-hydroxylation sites is 1. The van der Waals surface area contributed by atoms with Crippen molar-refractivity contribution in [2.45, 2.75) is 58.8 Å². The zero-order chi connectivity index (χ0) is 30.3. The Morgan fingerprint density at radius 3 is 2.64 bits per heavy atom. The third-order valence-electron chi connectivity index (χ3n) is 9.30. The minimum atomic E-state index is -1.67. The minimum absolute atomic E-state index is 0.0471. The summed E-state index contributed by atoms with van der Waals surface area (Å²) in [6, 6.07) is 7.48. The number of ketones is 2. The van der Waals surface area contributed by atoms with Crippen LogP contribution in [-0.4, -0.2) is 51.8 Å². The number of amides is 1. The van der Waals surface area contributed by atoms with Crippen LogP contribution in [0.1, 0.15) is 39.7 Å². The number of benzene rings is 1. The molecule has 1 saturated heterocycles. The summed E-state index contributed by atoms with van der Waals surface area (Å²) in [6.45, 7) is 11.0. The molecule has 2 aromatic rings. The fraction of sp³-hybridized carbons (Fsp3) is 0.412. The number of carbonyl (C=O) groups is 4. The van der Waals surface area contributed by atoms with E-state index in [9.17, 15) is 24.3 Å². The molecule has 1 aromatic heterocycles. The van der Waals surface area contributed by atoms with Crippen molar-refractivity contribution in [2.75, 3.05) is 0 Å². The van der Waals surface area contributed by atoms with Crippen LogP contribution in [0.4, 0.5) is 0 Å². The fourth-order valence-electron chi connectivity index (χ4n) is 7.32. The van der Waals surface area contributed by atoms with Crippen LogP contribution in [0.15, 0.2) is 78.6 Å². The number of allylic oxidation sites excluding steroid dienone is 3. The lowest BCUT2D eigenvalue weighted by Gasteiger charge is -2.48. The molecule has 2 aliphatic carbocycles. The Kier molecular flexibility index (Phi) is 7.94. The van der Waals surface area contributed by atoms with Gasteiger partial charge in [0.25, 0.3) is 0 Å².